The Morgan fingerprint density at radius 1 is 1.24 bits per heavy atom. The fraction of sp³-hybridized carbons (Fsp3) is 0.368. The lowest BCUT2D eigenvalue weighted by Gasteiger charge is -2.33. The molecule has 1 aliphatic carbocycles. The Morgan fingerprint density at radius 3 is 2.72 bits per heavy atom. The number of methoxy groups -OCH3 is 1. The van der Waals surface area contributed by atoms with Crippen molar-refractivity contribution in [2.75, 3.05) is 20.3 Å². The van der Waals surface area contributed by atoms with Crippen LogP contribution in [0.3, 0.4) is 0 Å². The number of hydrogen-bond acceptors (Lipinski definition) is 5. The van der Waals surface area contributed by atoms with Gasteiger partial charge in [0.25, 0.3) is 0 Å². The van der Waals surface area contributed by atoms with Crippen LogP contribution in [0.4, 0.5) is 0 Å². The topological polar surface area (TPSA) is 64.6 Å². The number of allylic oxidation sites excluding steroid dienone is 2. The van der Waals surface area contributed by atoms with Gasteiger partial charge in [0.2, 0.25) is 0 Å². The van der Waals surface area contributed by atoms with E-state index in [0.717, 1.165) is 24.1 Å². The first kappa shape index (κ1) is 17.7. The zero-order chi connectivity index (χ0) is 17.8. The first-order chi connectivity index (χ1) is 12.1. The molecule has 1 unspecified atom stereocenters. The highest BCUT2D eigenvalue weighted by molar-refractivity contribution is 6.32. The molecular formula is C19H20ClNO4. The van der Waals surface area contributed by atoms with Crippen molar-refractivity contribution in [3.05, 3.63) is 57.9 Å². The van der Waals surface area contributed by atoms with E-state index in [4.69, 9.17) is 21.1 Å². The van der Waals surface area contributed by atoms with E-state index < -0.39 is 11.9 Å². The Balaban J connectivity index is 2.02. The molecule has 5 nitrogen and oxygen atoms in total. The van der Waals surface area contributed by atoms with Crippen LogP contribution >= 0.6 is 11.6 Å². The van der Waals surface area contributed by atoms with Crippen molar-refractivity contribution in [1.29, 1.82) is 0 Å². The van der Waals surface area contributed by atoms with Gasteiger partial charge >= 0.3 is 5.97 Å². The smallest absolute Gasteiger partial charge is 0.338 e. The van der Waals surface area contributed by atoms with E-state index in [-0.39, 0.29) is 23.1 Å². The van der Waals surface area contributed by atoms with Gasteiger partial charge in [-0.2, -0.15) is 0 Å². The van der Waals surface area contributed by atoms with E-state index in [0.29, 0.717) is 18.6 Å². The van der Waals surface area contributed by atoms with Gasteiger partial charge in [0.05, 0.1) is 12.2 Å². The van der Waals surface area contributed by atoms with Crippen LogP contribution in [-0.4, -0.2) is 32.1 Å². The summed E-state index contributed by atoms with van der Waals surface area (Å²) in [6.07, 6.45) is 2.00. The molecule has 0 fully saturated rings. The van der Waals surface area contributed by atoms with E-state index in [2.05, 4.69) is 5.32 Å². The highest BCUT2D eigenvalue weighted by Crippen LogP contribution is 2.43. The standard InChI is InChI=1S/C19H20ClNO4/c1-24-10-11-25-19(23)17-15(12-6-3-2-4-7-12)16-13(21-18(17)20)8-5-9-14(16)22/h2-4,6-7,15,21H,5,8-11H2,1H3. The molecule has 3 rings (SSSR count). The summed E-state index contributed by atoms with van der Waals surface area (Å²) in [7, 11) is 1.53. The molecule has 1 N–H and O–H groups in total. The predicted octanol–water partition coefficient (Wildman–Crippen LogP) is 3.02. The van der Waals surface area contributed by atoms with Crippen LogP contribution in [0.25, 0.3) is 0 Å². The lowest BCUT2D eigenvalue weighted by molar-refractivity contribution is -0.140. The number of Topliss-reactive ketones (excluding diaryl/α,β-unsaturated/α-hetero) is 1. The average molecular weight is 362 g/mol. The number of carbonyl (C=O) groups is 2. The van der Waals surface area contributed by atoms with Gasteiger partial charge in [-0.1, -0.05) is 41.9 Å². The molecule has 0 saturated carbocycles. The SMILES string of the molecule is COCCOC(=O)C1=C(Cl)NC2=C(C(=O)CCC2)C1c1ccccc1. The molecule has 132 valence electrons. The zero-order valence-electron chi connectivity index (χ0n) is 14.0. The van der Waals surface area contributed by atoms with Crippen molar-refractivity contribution in [3.8, 4) is 0 Å². The lowest BCUT2D eigenvalue weighted by Crippen LogP contribution is -2.34. The molecule has 0 spiro atoms. The van der Waals surface area contributed by atoms with Crippen LogP contribution in [0.1, 0.15) is 30.7 Å². The molecule has 1 atom stereocenters. The van der Waals surface area contributed by atoms with Gasteiger partial charge < -0.3 is 14.8 Å². The monoisotopic (exact) mass is 361 g/mol. The summed E-state index contributed by atoms with van der Waals surface area (Å²) in [6.45, 7) is 0.428. The van der Waals surface area contributed by atoms with Gasteiger partial charge in [-0.3, -0.25) is 4.79 Å². The minimum atomic E-state index is -0.534. The summed E-state index contributed by atoms with van der Waals surface area (Å²) in [4.78, 5) is 25.3. The maximum atomic E-state index is 12.7. The van der Waals surface area contributed by atoms with Crippen molar-refractivity contribution in [1.82, 2.24) is 5.32 Å². The van der Waals surface area contributed by atoms with Gasteiger partial charge in [-0.05, 0) is 18.4 Å². The molecule has 1 aromatic carbocycles. The first-order valence-corrected chi connectivity index (χ1v) is 8.65. The second-order valence-electron chi connectivity index (χ2n) is 5.99. The number of dihydropyridines is 1. The number of hydrogen-bond donors (Lipinski definition) is 1. The van der Waals surface area contributed by atoms with Crippen LogP contribution in [-0.2, 0) is 19.1 Å². The predicted molar refractivity (Wildman–Crippen MR) is 93.9 cm³/mol. The molecule has 0 radical (unpaired) electrons. The number of ether oxygens (including phenoxy) is 2. The quantitative estimate of drug-likeness (QED) is 0.496. The summed E-state index contributed by atoms with van der Waals surface area (Å²) in [5, 5.41) is 3.27. The van der Waals surface area contributed by atoms with Crippen molar-refractivity contribution in [3.63, 3.8) is 0 Å². The summed E-state index contributed by atoms with van der Waals surface area (Å²) in [6, 6.07) is 9.45. The number of rotatable bonds is 5. The number of benzene rings is 1. The Labute approximate surface area is 151 Å². The molecule has 1 aliphatic heterocycles. The van der Waals surface area contributed by atoms with Crippen LogP contribution < -0.4 is 5.32 Å². The van der Waals surface area contributed by atoms with E-state index in [1.54, 1.807) is 0 Å². The Kier molecular flexibility index (Phi) is 5.56. The number of ketones is 1. The number of nitrogens with one attached hydrogen (secondary N) is 1. The summed E-state index contributed by atoms with van der Waals surface area (Å²) < 4.78 is 10.2. The molecule has 0 bridgehead atoms. The summed E-state index contributed by atoms with van der Waals surface area (Å²) in [5.41, 5.74) is 2.56. The maximum Gasteiger partial charge on any atom is 0.338 e. The van der Waals surface area contributed by atoms with Gasteiger partial charge in [-0.15, -0.1) is 0 Å². The van der Waals surface area contributed by atoms with Crippen LogP contribution in [0.15, 0.2) is 52.3 Å². The average Bonchev–Trinajstić information content (AvgIpc) is 2.61. The van der Waals surface area contributed by atoms with Gasteiger partial charge in [0.1, 0.15) is 11.8 Å². The van der Waals surface area contributed by atoms with Crippen LogP contribution in [0.5, 0.6) is 0 Å². The molecule has 1 aromatic rings. The van der Waals surface area contributed by atoms with Crippen molar-refractivity contribution in [2.45, 2.75) is 25.2 Å². The number of esters is 1. The number of carbonyl (C=O) groups excluding carboxylic acids is 2. The molecule has 1 heterocycles. The highest BCUT2D eigenvalue weighted by atomic mass is 35.5. The Hall–Kier alpha value is -2.11. The van der Waals surface area contributed by atoms with Gasteiger partial charge in [-0.25, -0.2) is 4.79 Å². The second kappa shape index (κ2) is 7.85. The zero-order valence-corrected chi connectivity index (χ0v) is 14.8. The molecular weight excluding hydrogens is 342 g/mol. The van der Waals surface area contributed by atoms with Crippen LogP contribution in [0.2, 0.25) is 0 Å². The molecule has 0 amide bonds. The molecule has 0 aromatic heterocycles. The molecule has 25 heavy (non-hydrogen) atoms. The second-order valence-corrected chi connectivity index (χ2v) is 6.37. The van der Waals surface area contributed by atoms with Crippen molar-refractivity contribution >= 4 is 23.4 Å². The van der Waals surface area contributed by atoms with E-state index in [9.17, 15) is 9.59 Å². The third-order valence-electron chi connectivity index (χ3n) is 4.40. The molecule has 0 saturated heterocycles. The highest BCUT2D eigenvalue weighted by Gasteiger charge is 2.39. The number of halogens is 1. The third kappa shape index (κ3) is 3.62. The van der Waals surface area contributed by atoms with E-state index in [1.807, 2.05) is 30.3 Å². The maximum absolute atomic E-state index is 12.7. The summed E-state index contributed by atoms with van der Waals surface area (Å²) in [5.74, 6) is -0.991. The molecule has 6 heteroatoms. The first-order valence-electron chi connectivity index (χ1n) is 8.27. The fourth-order valence-corrected chi connectivity index (χ4v) is 3.58. The van der Waals surface area contributed by atoms with Crippen molar-refractivity contribution in [2.24, 2.45) is 0 Å². The molecule has 2 aliphatic rings. The Bertz CT molecular complexity index is 739. The fourth-order valence-electron chi connectivity index (χ4n) is 3.28. The van der Waals surface area contributed by atoms with Gasteiger partial charge in [0, 0.05) is 30.7 Å². The lowest BCUT2D eigenvalue weighted by atomic mass is 9.76. The normalized spacial score (nSPS) is 20.2. The van der Waals surface area contributed by atoms with E-state index in [1.165, 1.54) is 7.11 Å². The largest absolute Gasteiger partial charge is 0.460 e. The van der Waals surface area contributed by atoms with Gasteiger partial charge in [0.15, 0.2) is 5.78 Å². The Morgan fingerprint density at radius 2 is 2.00 bits per heavy atom. The summed E-state index contributed by atoms with van der Waals surface area (Å²) >= 11 is 6.39. The van der Waals surface area contributed by atoms with Crippen LogP contribution in [0, 0.1) is 0 Å². The van der Waals surface area contributed by atoms with Crippen molar-refractivity contribution < 1.29 is 19.1 Å². The third-order valence-corrected chi connectivity index (χ3v) is 4.70. The van der Waals surface area contributed by atoms with E-state index >= 15 is 0 Å². The minimum Gasteiger partial charge on any atom is -0.460 e. The minimum absolute atomic E-state index is 0.0500.